The van der Waals surface area contributed by atoms with Crippen molar-refractivity contribution in [2.75, 3.05) is 0 Å². The highest BCUT2D eigenvalue weighted by Gasteiger charge is 2.50. The van der Waals surface area contributed by atoms with Crippen LogP contribution in [0.2, 0.25) is 0 Å². The Hall–Kier alpha value is -1.14. The van der Waals surface area contributed by atoms with E-state index in [-0.39, 0.29) is 0 Å². The summed E-state index contributed by atoms with van der Waals surface area (Å²) in [7, 11) is 0. The molecule has 1 rings (SSSR count). The molecular formula is C13H23NO5. The van der Waals surface area contributed by atoms with Crippen LogP contribution in [0.3, 0.4) is 0 Å². The number of rotatable bonds is 4. The average molecular weight is 273 g/mol. The molecule has 0 aromatic carbocycles. The summed E-state index contributed by atoms with van der Waals surface area (Å²) in [5.74, 6) is -2.27. The first kappa shape index (κ1) is 15.9. The molecule has 1 saturated heterocycles. The average Bonchev–Trinajstić information content (AvgIpc) is 2.10. The summed E-state index contributed by atoms with van der Waals surface area (Å²) in [5, 5.41) is 28.2. The van der Waals surface area contributed by atoms with Gasteiger partial charge in [-0.2, -0.15) is 0 Å². The van der Waals surface area contributed by atoms with Crippen LogP contribution in [-0.2, 0) is 9.59 Å². The van der Waals surface area contributed by atoms with Crippen LogP contribution in [0.5, 0.6) is 0 Å². The van der Waals surface area contributed by atoms with E-state index in [4.69, 9.17) is 5.11 Å². The number of nitrogens with zero attached hydrogens (tertiary/aromatic N) is 1. The highest BCUT2D eigenvalue weighted by atomic mass is 16.4. The van der Waals surface area contributed by atoms with Crippen molar-refractivity contribution in [3.63, 3.8) is 0 Å². The van der Waals surface area contributed by atoms with E-state index >= 15 is 0 Å². The van der Waals surface area contributed by atoms with Crippen molar-refractivity contribution in [2.24, 2.45) is 0 Å². The van der Waals surface area contributed by atoms with Gasteiger partial charge in [0.05, 0.1) is 12.5 Å². The molecule has 1 heterocycles. The van der Waals surface area contributed by atoms with Crippen molar-refractivity contribution in [1.82, 2.24) is 4.90 Å². The maximum absolute atomic E-state index is 11.4. The normalized spacial score (nSPS) is 24.9. The summed E-state index contributed by atoms with van der Waals surface area (Å²) in [6.45, 7) is 7.37. The van der Waals surface area contributed by atoms with E-state index in [1.807, 2.05) is 27.7 Å². The molecular weight excluding hydrogens is 250 g/mol. The van der Waals surface area contributed by atoms with Crippen LogP contribution in [0.15, 0.2) is 0 Å². The molecule has 0 radical (unpaired) electrons. The van der Waals surface area contributed by atoms with E-state index in [0.717, 1.165) is 0 Å². The van der Waals surface area contributed by atoms with Gasteiger partial charge in [0.15, 0.2) is 0 Å². The van der Waals surface area contributed by atoms with Gasteiger partial charge in [0, 0.05) is 11.1 Å². The maximum Gasteiger partial charge on any atom is 0.321 e. The molecule has 0 aliphatic carbocycles. The monoisotopic (exact) mass is 273 g/mol. The number of likely N-dealkylation sites (tertiary alicyclic amines) is 1. The van der Waals surface area contributed by atoms with E-state index in [2.05, 4.69) is 0 Å². The third kappa shape index (κ3) is 3.45. The molecule has 110 valence electrons. The van der Waals surface area contributed by atoms with Gasteiger partial charge in [-0.1, -0.05) is 0 Å². The Kier molecular flexibility index (Phi) is 4.27. The minimum atomic E-state index is -1.14. The lowest BCUT2D eigenvalue weighted by molar-refractivity contribution is -0.165. The predicted octanol–water partition coefficient (Wildman–Crippen LogP) is 0.928. The zero-order valence-electron chi connectivity index (χ0n) is 11.9. The Bertz CT molecular complexity index is 359. The van der Waals surface area contributed by atoms with Crippen LogP contribution in [0.25, 0.3) is 0 Å². The molecule has 1 aliphatic rings. The summed E-state index contributed by atoms with van der Waals surface area (Å²) in [5.41, 5.74) is -1.14. The van der Waals surface area contributed by atoms with Gasteiger partial charge in [0.1, 0.15) is 6.04 Å². The highest BCUT2D eigenvalue weighted by Crippen LogP contribution is 2.40. The standard InChI is InChI=1S/C13H23NO5/c1-12(2)6-8(15)7-13(3,4)14(12)9(11(18)19)5-10(16)17/h8-9,15H,5-7H2,1-4H3,(H,16,17)(H,18,19). The van der Waals surface area contributed by atoms with Gasteiger partial charge >= 0.3 is 11.9 Å². The van der Waals surface area contributed by atoms with Crippen molar-refractivity contribution in [2.45, 2.75) is 70.2 Å². The Morgan fingerprint density at radius 3 is 1.89 bits per heavy atom. The maximum atomic E-state index is 11.4. The molecule has 0 spiro atoms. The fourth-order valence-corrected chi connectivity index (χ4v) is 3.54. The molecule has 1 fully saturated rings. The molecule has 0 amide bonds. The number of carboxylic acid groups (broad SMARTS) is 2. The van der Waals surface area contributed by atoms with E-state index in [0.29, 0.717) is 12.8 Å². The van der Waals surface area contributed by atoms with E-state index in [1.54, 1.807) is 4.90 Å². The van der Waals surface area contributed by atoms with Crippen molar-refractivity contribution < 1.29 is 24.9 Å². The molecule has 19 heavy (non-hydrogen) atoms. The number of aliphatic hydroxyl groups is 1. The minimum Gasteiger partial charge on any atom is -0.481 e. The van der Waals surface area contributed by atoms with Gasteiger partial charge < -0.3 is 15.3 Å². The second kappa shape index (κ2) is 5.09. The highest BCUT2D eigenvalue weighted by molar-refractivity contribution is 5.80. The van der Waals surface area contributed by atoms with Crippen LogP contribution in [0.4, 0.5) is 0 Å². The molecule has 6 heteroatoms. The van der Waals surface area contributed by atoms with Gasteiger partial charge in [0.25, 0.3) is 0 Å². The van der Waals surface area contributed by atoms with Crippen LogP contribution in [0.1, 0.15) is 47.0 Å². The Morgan fingerprint density at radius 1 is 1.16 bits per heavy atom. The first-order valence-electron chi connectivity index (χ1n) is 6.39. The topological polar surface area (TPSA) is 98.1 Å². The number of aliphatic hydroxyl groups excluding tert-OH is 1. The summed E-state index contributed by atoms with van der Waals surface area (Å²) >= 11 is 0. The van der Waals surface area contributed by atoms with Crippen molar-refractivity contribution in [3.8, 4) is 0 Å². The lowest BCUT2D eigenvalue weighted by atomic mass is 9.76. The van der Waals surface area contributed by atoms with Crippen LogP contribution in [0, 0.1) is 0 Å². The van der Waals surface area contributed by atoms with Gasteiger partial charge in [-0.05, 0) is 40.5 Å². The fourth-order valence-electron chi connectivity index (χ4n) is 3.54. The number of piperidine rings is 1. The molecule has 0 saturated carbocycles. The predicted molar refractivity (Wildman–Crippen MR) is 68.9 cm³/mol. The lowest BCUT2D eigenvalue weighted by Gasteiger charge is -2.56. The number of carboxylic acids is 2. The molecule has 6 nitrogen and oxygen atoms in total. The van der Waals surface area contributed by atoms with Crippen LogP contribution < -0.4 is 0 Å². The molecule has 0 bridgehead atoms. The molecule has 1 aliphatic heterocycles. The quantitative estimate of drug-likeness (QED) is 0.705. The molecule has 1 unspecified atom stereocenters. The van der Waals surface area contributed by atoms with Gasteiger partial charge in [-0.3, -0.25) is 14.5 Å². The summed E-state index contributed by atoms with van der Waals surface area (Å²) < 4.78 is 0. The van der Waals surface area contributed by atoms with Crippen molar-refractivity contribution >= 4 is 11.9 Å². The SMILES string of the molecule is CC1(C)CC(O)CC(C)(C)N1C(CC(=O)O)C(=O)O. The van der Waals surface area contributed by atoms with Gasteiger partial charge in [-0.15, -0.1) is 0 Å². The number of aliphatic carboxylic acids is 2. The number of carbonyl (C=O) groups is 2. The zero-order valence-corrected chi connectivity index (χ0v) is 11.9. The largest absolute Gasteiger partial charge is 0.481 e. The van der Waals surface area contributed by atoms with Crippen molar-refractivity contribution in [3.05, 3.63) is 0 Å². The second-order valence-corrected chi connectivity index (χ2v) is 6.51. The number of hydrogen-bond acceptors (Lipinski definition) is 4. The smallest absolute Gasteiger partial charge is 0.321 e. The third-order valence-corrected chi connectivity index (χ3v) is 3.74. The molecule has 0 aromatic heterocycles. The molecule has 3 N–H and O–H groups in total. The van der Waals surface area contributed by atoms with E-state index in [1.165, 1.54) is 0 Å². The summed E-state index contributed by atoms with van der Waals surface area (Å²) in [4.78, 5) is 24.1. The zero-order chi connectivity index (χ0) is 15.0. The van der Waals surface area contributed by atoms with Crippen molar-refractivity contribution in [1.29, 1.82) is 0 Å². The lowest BCUT2D eigenvalue weighted by Crippen LogP contribution is -2.67. The van der Waals surface area contributed by atoms with Crippen LogP contribution in [-0.4, -0.2) is 55.4 Å². The first-order chi connectivity index (χ1) is 8.47. The Labute approximate surface area is 113 Å². The molecule has 0 aromatic rings. The Morgan fingerprint density at radius 2 is 1.58 bits per heavy atom. The van der Waals surface area contributed by atoms with E-state index in [9.17, 15) is 19.8 Å². The third-order valence-electron chi connectivity index (χ3n) is 3.74. The van der Waals surface area contributed by atoms with Gasteiger partial charge in [-0.25, -0.2) is 0 Å². The number of hydrogen-bond donors (Lipinski definition) is 3. The Balaban J connectivity index is 3.16. The summed E-state index contributed by atoms with van der Waals surface area (Å²) in [6.07, 6.45) is -0.0849. The second-order valence-electron chi connectivity index (χ2n) is 6.51. The van der Waals surface area contributed by atoms with E-state index < -0.39 is 41.6 Å². The molecule has 1 atom stereocenters. The fraction of sp³-hybridized carbons (Fsp3) is 0.846. The van der Waals surface area contributed by atoms with Gasteiger partial charge in [0.2, 0.25) is 0 Å². The first-order valence-corrected chi connectivity index (χ1v) is 6.39. The van der Waals surface area contributed by atoms with Crippen LogP contribution >= 0.6 is 0 Å². The minimum absolute atomic E-state index is 0.430. The summed E-state index contributed by atoms with van der Waals surface area (Å²) in [6, 6.07) is -1.09.